The number of hydrogen-bond acceptors (Lipinski definition) is 4. The quantitative estimate of drug-likeness (QED) is 0.712. The molecule has 1 atom stereocenters. The molecule has 0 saturated heterocycles. The minimum absolute atomic E-state index is 0.0882. The Balaban J connectivity index is 1.72. The van der Waals surface area contributed by atoms with Gasteiger partial charge in [-0.1, -0.05) is 37.3 Å². The molecule has 1 aromatic carbocycles. The molecule has 2 heterocycles. The van der Waals surface area contributed by atoms with Gasteiger partial charge in [0.1, 0.15) is 6.04 Å². The molecular weight excluding hydrogens is 326 g/mol. The van der Waals surface area contributed by atoms with E-state index in [-0.39, 0.29) is 11.9 Å². The number of carbonyl (C=O) groups is 1. The third kappa shape index (κ3) is 4.34. The number of benzene rings is 1. The minimum atomic E-state index is -0.355. The minimum Gasteiger partial charge on any atom is -0.308 e. The van der Waals surface area contributed by atoms with Crippen molar-refractivity contribution in [2.75, 3.05) is 18.9 Å². The molecular formula is C20H23N5O. The van der Waals surface area contributed by atoms with E-state index < -0.39 is 0 Å². The lowest BCUT2D eigenvalue weighted by molar-refractivity contribution is -0.121. The maximum Gasteiger partial charge on any atom is 0.247 e. The van der Waals surface area contributed by atoms with Gasteiger partial charge in [-0.3, -0.25) is 19.4 Å². The van der Waals surface area contributed by atoms with Crippen LogP contribution in [-0.2, 0) is 11.3 Å². The Morgan fingerprint density at radius 3 is 2.58 bits per heavy atom. The van der Waals surface area contributed by atoms with Crippen molar-refractivity contribution in [1.29, 1.82) is 0 Å². The molecule has 0 aliphatic carbocycles. The Labute approximate surface area is 153 Å². The van der Waals surface area contributed by atoms with Crippen LogP contribution in [0.5, 0.6) is 0 Å². The lowest BCUT2D eigenvalue weighted by atomic mass is 10.0. The first-order valence-corrected chi connectivity index (χ1v) is 8.65. The predicted octanol–water partition coefficient (Wildman–Crippen LogP) is 2.96. The molecule has 26 heavy (non-hydrogen) atoms. The second kappa shape index (κ2) is 8.40. The average Bonchev–Trinajstić information content (AvgIpc) is 3.10. The van der Waals surface area contributed by atoms with Crippen LogP contribution >= 0.6 is 0 Å². The number of nitrogens with one attached hydrogen (secondary N) is 1. The molecule has 0 aliphatic rings. The van der Waals surface area contributed by atoms with Crippen LogP contribution in [0.3, 0.4) is 0 Å². The van der Waals surface area contributed by atoms with Crippen LogP contribution < -0.4 is 5.32 Å². The Bertz CT molecular complexity index is 832. The highest BCUT2D eigenvalue weighted by atomic mass is 16.2. The van der Waals surface area contributed by atoms with Gasteiger partial charge in [-0.05, 0) is 36.9 Å². The van der Waals surface area contributed by atoms with Crippen LogP contribution in [0.2, 0.25) is 0 Å². The molecule has 3 aromatic rings. The van der Waals surface area contributed by atoms with Crippen molar-refractivity contribution in [2.45, 2.75) is 19.5 Å². The maximum atomic E-state index is 12.9. The predicted molar refractivity (Wildman–Crippen MR) is 102 cm³/mol. The monoisotopic (exact) mass is 349 g/mol. The first kappa shape index (κ1) is 17.8. The summed E-state index contributed by atoms with van der Waals surface area (Å²) >= 11 is 0. The molecule has 1 N–H and O–H groups in total. The van der Waals surface area contributed by atoms with E-state index in [1.54, 1.807) is 17.1 Å². The van der Waals surface area contributed by atoms with Crippen LogP contribution in [0.4, 0.5) is 5.82 Å². The van der Waals surface area contributed by atoms with Crippen molar-refractivity contribution in [3.05, 3.63) is 78.2 Å². The van der Waals surface area contributed by atoms with E-state index in [1.807, 2.05) is 73.6 Å². The van der Waals surface area contributed by atoms with Crippen LogP contribution in [0.25, 0.3) is 0 Å². The molecule has 3 rings (SSSR count). The summed E-state index contributed by atoms with van der Waals surface area (Å²) in [5, 5.41) is 7.39. The molecule has 2 aromatic heterocycles. The zero-order valence-corrected chi connectivity index (χ0v) is 15.0. The zero-order valence-electron chi connectivity index (χ0n) is 15.0. The lowest BCUT2D eigenvalue weighted by Gasteiger charge is -2.25. The fourth-order valence-electron chi connectivity index (χ4n) is 2.81. The number of pyridine rings is 1. The summed E-state index contributed by atoms with van der Waals surface area (Å²) in [4.78, 5) is 18.9. The van der Waals surface area contributed by atoms with Crippen molar-refractivity contribution >= 4 is 11.7 Å². The Morgan fingerprint density at radius 1 is 1.15 bits per heavy atom. The average molecular weight is 349 g/mol. The van der Waals surface area contributed by atoms with Gasteiger partial charge < -0.3 is 5.32 Å². The molecule has 6 nitrogen and oxygen atoms in total. The van der Waals surface area contributed by atoms with Crippen molar-refractivity contribution in [3.63, 3.8) is 0 Å². The largest absolute Gasteiger partial charge is 0.308 e. The highest BCUT2D eigenvalue weighted by Gasteiger charge is 2.24. The molecule has 0 spiro atoms. The number of nitrogens with zero attached hydrogens (tertiary/aromatic N) is 4. The Kier molecular flexibility index (Phi) is 5.76. The molecule has 0 bridgehead atoms. The van der Waals surface area contributed by atoms with Gasteiger partial charge in [0.15, 0.2) is 5.82 Å². The number of amides is 1. The fraction of sp³-hybridized carbons (Fsp3) is 0.250. The van der Waals surface area contributed by atoms with Crippen molar-refractivity contribution in [3.8, 4) is 0 Å². The number of likely N-dealkylation sites (N-methyl/N-ethyl adjacent to an activating group) is 1. The van der Waals surface area contributed by atoms with E-state index in [0.29, 0.717) is 12.4 Å². The number of aromatic nitrogens is 3. The van der Waals surface area contributed by atoms with Crippen LogP contribution in [0, 0.1) is 0 Å². The standard InChI is InChI=1S/C20H23N5O/c1-3-24(2)19(17-7-5-4-6-8-17)20(26)22-18-11-14-25(23-18)15-16-9-12-21-13-10-16/h4-14,19H,3,15H2,1-2H3,(H,22,23,26)/t19-/m1/s1. The first-order valence-electron chi connectivity index (χ1n) is 8.65. The van der Waals surface area contributed by atoms with Gasteiger partial charge in [-0.25, -0.2) is 0 Å². The topological polar surface area (TPSA) is 63.1 Å². The van der Waals surface area contributed by atoms with Gasteiger partial charge in [-0.2, -0.15) is 5.10 Å². The van der Waals surface area contributed by atoms with E-state index in [1.165, 1.54) is 0 Å². The summed E-state index contributed by atoms with van der Waals surface area (Å²) in [5.74, 6) is 0.462. The highest BCUT2D eigenvalue weighted by Crippen LogP contribution is 2.21. The summed E-state index contributed by atoms with van der Waals surface area (Å²) in [6.45, 7) is 3.44. The molecule has 134 valence electrons. The van der Waals surface area contributed by atoms with Gasteiger partial charge in [0.2, 0.25) is 5.91 Å². The molecule has 0 fully saturated rings. The van der Waals surface area contributed by atoms with Crippen LogP contribution in [-0.4, -0.2) is 39.2 Å². The van der Waals surface area contributed by atoms with Gasteiger partial charge in [0.25, 0.3) is 0 Å². The number of rotatable bonds is 7. The lowest BCUT2D eigenvalue weighted by Crippen LogP contribution is -2.34. The van der Waals surface area contributed by atoms with E-state index in [4.69, 9.17) is 0 Å². The van der Waals surface area contributed by atoms with E-state index in [9.17, 15) is 4.79 Å². The van der Waals surface area contributed by atoms with Gasteiger partial charge in [0.05, 0.1) is 6.54 Å². The van der Waals surface area contributed by atoms with E-state index in [0.717, 1.165) is 17.7 Å². The molecule has 1 amide bonds. The third-order valence-corrected chi connectivity index (χ3v) is 4.29. The van der Waals surface area contributed by atoms with Gasteiger partial charge in [0, 0.05) is 24.7 Å². The summed E-state index contributed by atoms with van der Waals surface area (Å²) < 4.78 is 1.80. The zero-order chi connectivity index (χ0) is 18.4. The molecule has 0 unspecified atom stereocenters. The number of hydrogen-bond donors (Lipinski definition) is 1. The summed E-state index contributed by atoms with van der Waals surface area (Å²) in [6, 6.07) is 15.1. The normalized spacial score (nSPS) is 12.1. The second-order valence-electron chi connectivity index (χ2n) is 6.13. The van der Waals surface area contributed by atoms with E-state index >= 15 is 0 Å². The Hall–Kier alpha value is -2.99. The SMILES string of the molecule is CCN(C)[C@@H](C(=O)Nc1ccn(Cc2ccncc2)n1)c1ccccc1. The molecule has 0 radical (unpaired) electrons. The summed E-state index contributed by atoms with van der Waals surface area (Å²) in [5.41, 5.74) is 2.07. The van der Waals surface area contributed by atoms with Crippen molar-refractivity contribution in [2.24, 2.45) is 0 Å². The first-order chi connectivity index (χ1) is 12.7. The summed E-state index contributed by atoms with van der Waals surface area (Å²) in [6.07, 6.45) is 5.37. The smallest absolute Gasteiger partial charge is 0.247 e. The highest BCUT2D eigenvalue weighted by molar-refractivity contribution is 5.94. The molecule has 6 heteroatoms. The number of anilines is 1. The van der Waals surface area contributed by atoms with Gasteiger partial charge in [-0.15, -0.1) is 0 Å². The van der Waals surface area contributed by atoms with Crippen molar-refractivity contribution < 1.29 is 4.79 Å². The third-order valence-electron chi connectivity index (χ3n) is 4.29. The van der Waals surface area contributed by atoms with E-state index in [2.05, 4.69) is 15.4 Å². The molecule has 0 saturated carbocycles. The number of carbonyl (C=O) groups excluding carboxylic acids is 1. The second-order valence-corrected chi connectivity index (χ2v) is 6.13. The van der Waals surface area contributed by atoms with Crippen LogP contribution in [0.1, 0.15) is 24.1 Å². The Morgan fingerprint density at radius 2 is 1.88 bits per heavy atom. The fourth-order valence-corrected chi connectivity index (χ4v) is 2.81. The van der Waals surface area contributed by atoms with Crippen LogP contribution in [0.15, 0.2) is 67.1 Å². The molecule has 0 aliphatic heterocycles. The maximum absolute atomic E-state index is 12.9. The summed E-state index contributed by atoms with van der Waals surface area (Å²) in [7, 11) is 1.94. The van der Waals surface area contributed by atoms with Gasteiger partial charge >= 0.3 is 0 Å². The van der Waals surface area contributed by atoms with Crippen molar-refractivity contribution in [1.82, 2.24) is 19.7 Å².